The lowest BCUT2D eigenvalue weighted by Gasteiger charge is -2.25. The lowest BCUT2D eigenvalue weighted by atomic mass is 9.85. The van der Waals surface area contributed by atoms with E-state index in [9.17, 15) is 9.59 Å². The van der Waals surface area contributed by atoms with Crippen LogP contribution >= 0.6 is 15.9 Å². The Balaban J connectivity index is 1.81. The van der Waals surface area contributed by atoms with E-state index in [1.807, 2.05) is 20.8 Å². The van der Waals surface area contributed by atoms with Crippen molar-refractivity contribution in [1.29, 1.82) is 0 Å². The number of para-hydroxylation sites is 1. The van der Waals surface area contributed by atoms with Crippen molar-refractivity contribution in [1.82, 2.24) is 4.57 Å². The number of benzene rings is 2. The van der Waals surface area contributed by atoms with E-state index in [0.717, 1.165) is 17.4 Å². The number of carbonyl (C=O) groups excluding carboxylic acids is 2. The van der Waals surface area contributed by atoms with Crippen LogP contribution in [0.1, 0.15) is 71.9 Å². The summed E-state index contributed by atoms with van der Waals surface area (Å²) in [6.07, 6.45) is 4.51. The van der Waals surface area contributed by atoms with E-state index in [-0.39, 0.29) is 24.1 Å². The van der Waals surface area contributed by atoms with Gasteiger partial charge in [-0.3, -0.25) is 9.59 Å². The summed E-state index contributed by atoms with van der Waals surface area (Å²) in [7, 11) is 0. The molecule has 0 aliphatic carbocycles. The molecule has 2 atom stereocenters. The Morgan fingerprint density at radius 3 is 2.28 bits per heavy atom. The van der Waals surface area contributed by atoms with E-state index >= 15 is 0 Å². The summed E-state index contributed by atoms with van der Waals surface area (Å²) < 4.78 is 9.00. The maximum Gasteiger partial charge on any atom is 0.309 e. The van der Waals surface area contributed by atoms with Gasteiger partial charge < -0.3 is 9.30 Å². The number of esters is 1. The second-order valence-corrected chi connectivity index (χ2v) is 12.2. The Hall–Kier alpha value is -2.40. The van der Waals surface area contributed by atoms with Gasteiger partial charge in [-0.05, 0) is 75.3 Å². The van der Waals surface area contributed by atoms with Crippen LogP contribution in [0.3, 0.4) is 0 Å². The smallest absolute Gasteiger partial charge is 0.309 e. The first kappa shape index (κ1) is 28.2. The highest BCUT2D eigenvalue weighted by Crippen LogP contribution is 2.29. The second-order valence-electron chi connectivity index (χ2n) is 11.3. The topological polar surface area (TPSA) is 48.3 Å². The zero-order valence-electron chi connectivity index (χ0n) is 22.5. The fourth-order valence-corrected chi connectivity index (χ4v) is 5.05. The Morgan fingerprint density at radius 1 is 1.00 bits per heavy atom. The van der Waals surface area contributed by atoms with Crippen molar-refractivity contribution in [3.8, 4) is 0 Å². The highest BCUT2D eigenvalue weighted by atomic mass is 79.9. The molecular formula is C31H40BrNO3. The van der Waals surface area contributed by atoms with Crippen LogP contribution in [-0.2, 0) is 27.3 Å². The molecule has 5 heteroatoms. The van der Waals surface area contributed by atoms with Gasteiger partial charge >= 0.3 is 5.97 Å². The van der Waals surface area contributed by atoms with E-state index in [4.69, 9.17) is 4.74 Å². The minimum atomic E-state index is -0.559. The van der Waals surface area contributed by atoms with Gasteiger partial charge in [0.25, 0.3) is 0 Å². The Bertz CT molecular complexity index is 1170. The van der Waals surface area contributed by atoms with Crippen LogP contribution in [0.25, 0.3) is 10.9 Å². The van der Waals surface area contributed by atoms with Gasteiger partial charge in [-0.2, -0.15) is 0 Å². The summed E-state index contributed by atoms with van der Waals surface area (Å²) in [5.74, 6) is -0.324. The van der Waals surface area contributed by atoms with Gasteiger partial charge in [0.05, 0.1) is 5.92 Å². The van der Waals surface area contributed by atoms with E-state index in [1.165, 1.54) is 22.0 Å². The fraction of sp³-hybridized carbons (Fsp3) is 0.484. The first-order valence-corrected chi connectivity index (χ1v) is 13.8. The molecule has 1 aromatic heterocycles. The minimum absolute atomic E-state index is 0.131. The summed E-state index contributed by atoms with van der Waals surface area (Å²) in [4.78, 5) is 26.4. The van der Waals surface area contributed by atoms with Gasteiger partial charge in [0, 0.05) is 40.5 Å². The molecule has 0 N–H and O–H groups in total. The summed E-state index contributed by atoms with van der Waals surface area (Å²) in [5, 5.41) is 1.19. The van der Waals surface area contributed by atoms with Crippen LogP contribution in [0, 0.1) is 17.8 Å². The van der Waals surface area contributed by atoms with Crippen molar-refractivity contribution in [3.05, 3.63) is 70.3 Å². The number of Topliss-reactive ketones (excluding diaryl/α,β-unsaturated/α-hetero) is 1. The Labute approximate surface area is 224 Å². The van der Waals surface area contributed by atoms with Gasteiger partial charge in [-0.15, -0.1) is 0 Å². The molecule has 194 valence electrons. The van der Waals surface area contributed by atoms with E-state index in [1.54, 1.807) is 0 Å². The number of rotatable bonds is 11. The van der Waals surface area contributed by atoms with Crippen LogP contribution in [0.4, 0.5) is 0 Å². The molecule has 0 radical (unpaired) electrons. The van der Waals surface area contributed by atoms with Crippen LogP contribution in [0.5, 0.6) is 0 Å². The lowest BCUT2D eigenvalue weighted by Crippen LogP contribution is -2.32. The third-order valence-corrected chi connectivity index (χ3v) is 7.02. The van der Waals surface area contributed by atoms with Gasteiger partial charge in [-0.1, -0.05) is 67.0 Å². The third kappa shape index (κ3) is 7.80. The molecule has 36 heavy (non-hydrogen) atoms. The fourth-order valence-electron chi connectivity index (χ4n) is 4.78. The average molecular weight is 555 g/mol. The molecule has 0 unspecified atom stereocenters. The number of ether oxygens (including phenoxy) is 1. The molecule has 0 aliphatic heterocycles. The monoisotopic (exact) mass is 553 g/mol. The zero-order chi connectivity index (χ0) is 26.5. The van der Waals surface area contributed by atoms with Crippen molar-refractivity contribution < 1.29 is 14.3 Å². The molecule has 0 spiro atoms. The molecule has 0 saturated heterocycles. The number of aromatic nitrogens is 1. The van der Waals surface area contributed by atoms with Gasteiger partial charge in [0.15, 0.2) is 0 Å². The molecule has 0 aliphatic rings. The van der Waals surface area contributed by atoms with Gasteiger partial charge in [-0.25, -0.2) is 0 Å². The van der Waals surface area contributed by atoms with Crippen LogP contribution in [0.15, 0.2) is 59.2 Å². The number of hydrogen-bond acceptors (Lipinski definition) is 3. The molecule has 0 fully saturated rings. The quantitative estimate of drug-likeness (QED) is 0.226. The van der Waals surface area contributed by atoms with Crippen LogP contribution in [-0.4, -0.2) is 21.9 Å². The lowest BCUT2D eigenvalue weighted by molar-refractivity contribution is -0.162. The number of halogens is 1. The normalized spacial score (nSPS) is 13.7. The van der Waals surface area contributed by atoms with Crippen molar-refractivity contribution in [2.24, 2.45) is 17.8 Å². The van der Waals surface area contributed by atoms with E-state index in [0.29, 0.717) is 18.8 Å². The number of fused-ring (bicyclic) bond motifs is 1. The van der Waals surface area contributed by atoms with Crippen molar-refractivity contribution in [3.63, 3.8) is 0 Å². The van der Waals surface area contributed by atoms with Gasteiger partial charge in [0.1, 0.15) is 11.4 Å². The first-order chi connectivity index (χ1) is 17.0. The minimum Gasteiger partial charge on any atom is -0.460 e. The molecule has 4 nitrogen and oxygen atoms in total. The Morgan fingerprint density at radius 2 is 1.67 bits per heavy atom. The zero-order valence-corrected chi connectivity index (χ0v) is 24.1. The van der Waals surface area contributed by atoms with Crippen LogP contribution in [0.2, 0.25) is 0 Å². The van der Waals surface area contributed by atoms with Crippen molar-refractivity contribution in [2.75, 3.05) is 0 Å². The predicted molar refractivity (Wildman–Crippen MR) is 151 cm³/mol. The van der Waals surface area contributed by atoms with Gasteiger partial charge in [0.2, 0.25) is 0 Å². The van der Waals surface area contributed by atoms with Crippen molar-refractivity contribution in [2.45, 2.75) is 79.4 Å². The van der Waals surface area contributed by atoms with Crippen molar-refractivity contribution >= 4 is 38.6 Å². The highest BCUT2D eigenvalue weighted by Gasteiger charge is 2.30. The molecule has 0 amide bonds. The molecular weight excluding hydrogens is 514 g/mol. The third-order valence-electron chi connectivity index (χ3n) is 6.50. The molecule has 3 rings (SSSR count). The first-order valence-electron chi connectivity index (χ1n) is 13.0. The molecule has 3 aromatic rings. The average Bonchev–Trinajstić information content (AvgIpc) is 3.14. The SMILES string of the molecule is CC[C@@H](Cc1cn(Cc2ccc(Br)cc2)c2ccccc12)C(=O)C[C@@H](CC(C)C)C(=O)OC(C)(C)C. The number of carbonyl (C=O) groups is 2. The summed E-state index contributed by atoms with van der Waals surface area (Å²) >= 11 is 3.51. The summed E-state index contributed by atoms with van der Waals surface area (Å²) in [5.41, 5.74) is 3.02. The van der Waals surface area contributed by atoms with E-state index < -0.39 is 11.5 Å². The number of hydrogen-bond donors (Lipinski definition) is 0. The van der Waals surface area contributed by atoms with E-state index in [2.05, 4.69) is 96.0 Å². The number of ketones is 1. The Kier molecular flexibility index (Phi) is 9.57. The maximum absolute atomic E-state index is 13.5. The molecule has 2 aromatic carbocycles. The maximum atomic E-state index is 13.5. The molecule has 1 heterocycles. The molecule has 0 saturated carbocycles. The largest absolute Gasteiger partial charge is 0.460 e. The predicted octanol–water partition coefficient (Wildman–Crippen LogP) is 7.98. The highest BCUT2D eigenvalue weighted by molar-refractivity contribution is 9.10. The molecule has 0 bridgehead atoms. The summed E-state index contributed by atoms with van der Waals surface area (Å²) in [6.45, 7) is 12.6. The standard InChI is InChI=1S/C31H40BrNO3/c1-7-23(29(34)18-24(16-21(2)3)30(35)36-31(4,5)6)17-25-20-33(28-11-9-8-10-27(25)28)19-22-12-14-26(32)15-13-22/h8-15,20-21,23-24H,7,16-19H2,1-6H3/t23-,24+/m0/s1. The summed E-state index contributed by atoms with van der Waals surface area (Å²) in [6, 6.07) is 16.8. The number of nitrogens with zero attached hydrogens (tertiary/aromatic N) is 1. The second kappa shape index (κ2) is 12.2. The van der Waals surface area contributed by atoms with Crippen LogP contribution < -0.4 is 0 Å².